The largest absolute Gasteiger partial charge is 0.355 e. The smallest absolute Gasteiger partial charge is 0.235 e. The molecule has 0 aliphatic carbocycles. The van der Waals surface area contributed by atoms with Crippen molar-refractivity contribution in [2.24, 2.45) is 0 Å². The highest BCUT2D eigenvalue weighted by molar-refractivity contribution is 7.99. The highest BCUT2D eigenvalue weighted by atomic mass is 32.2. The molecular weight excluding hydrogens is 334 g/mol. The molecule has 2 amide bonds. The molecule has 0 saturated carbocycles. The van der Waals surface area contributed by atoms with Crippen LogP contribution in [0.4, 0.5) is 0 Å². The molecule has 0 spiro atoms. The summed E-state index contributed by atoms with van der Waals surface area (Å²) in [5.74, 6) is 1.13. The second kappa shape index (κ2) is 10.5. The van der Waals surface area contributed by atoms with Gasteiger partial charge < -0.3 is 10.2 Å². The zero-order valence-electron chi connectivity index (χ0n) is 15.2. The summed E-state index contributed by atoms with van der Waals surface area (Å²) >= 11 is 1.69. The number of hydrogen-bond acceptors (Lipinski definition) is 4. The van der Waals surface area contributed by atoms with Crippen LogP contribution < -0.4 is 5.32 Å². The molecule has 0 radical (unpaired) electrons. The van der Waals surface area contributed by atoms with Gasteiger partial charge in [-0.05, 0) is 25.8 Å². The van der Waals surface area contributed by atoms with Crippen molar-refractivity contribution in [1.29, 1.82) is 0 Å². The Bertz CT molecular complexity index is 553. The van der Waals surface area contributed by atoms with Crippen molar-refractivity contribution in [2.45, 2.75) is 31.3 Å². The van der Waals surface area contributed by atoms with Crippen LogP contribution in [0, 0.1) is 0 Å². The molecule has 1 aromatic carbocycles. The Hall–Kier alpha value is -1.53. The molecule has 25 heavy (non-hydrogen) atoms. The standard InChI is InChI=1S/C19H29N3O2S/c1-3-20-18(23)14-21-10-7-11-22(13-12-21)19(24)16(2)25-15-17-8-5-4-6-9-17/h4-6,8-9,16H,3,7,10-15H2,1-2H3,(H,20,23)/t16-/m0/s1. The van der Waals surface area contributed by atoms with E-state index in [1.165, 1.54) is 5.56 Å². The van der Waals surface area contributed by atoms with Crippen LogP contribution in [0.3, 0.4) is 0 Å². The molecule has 5 nitrogen and oxygen atoms in total. The van der Waals surface area contributed by atoms with E-state index < -0.39 is 0 Å². The van der Waals surface area contributed by atoms with Crippen molar-refractivity contribution in [1.82, 2.24) is 15.1 Å². The summed E-state index contributed by atoms with van der Waals surface area (Å²) in [7, 11) is 0. The molecule has 1 aliphatic heterocycles. The third-order valence-electron chi connectivity index (χ3n) is 4.33. The van der Waals surface area contributed by atoms with Gasteiger partial charge in [0.25, 0.3) is 0 Å². The van der Waals surface area contributed by atoms with E-state index in [4.69, 9.17) is 0 Å². The Kier molecular flexibility index (Phi) is 8.28. The molecule has 0 bridgehead atoms. The fraction of sp³-hybridized carbons (Fsp3) is 0.579. The van der Waals surface area contributed by atoms with E-state index in [0.717, 1.165) is 31.8 Å². The number of nitrogens with zero attached hydrogens (tertiary/aromatic N) is 2. The Morgan fingerprint density at radius 1 is 1.16 bits per heavy atom. The minimum absolute atomic E-state index is 0.0462. The van der Waals surface area contributed by atoms with Crippen molar-refractivity contribution >= 4 is 23.6 Å². The number of benzene rings is 1. The third-order valence-corrected chi connectivity index (χ3v) is 5.53. The second-order valence-electron chi connectivity index (χ2n) is 6.35. The van der Waals surface area contributed by atoms with E-state index >= 15 is 0 Å². The van der Waals surface area contributed by atoms with Crippen LogP contribution in [0.1, 0.15) is 25.8 Å². The van der Waals surface area contributed by atoms with Gasteiger partial charge in [-0.25, -0.2) is 0 Å². The van der Waals surface area contributed by atoms with Crippen LogP contribution in [-0.4, -0.2) is 66.1 Å². The van der Waals surface area contributed by atoms with Crippen molar-refractivity contribution in [3.8, 4) is 0 Å². The quantitative estimate of drug-likeness (QED) is 0.805. The molecule has 6 heteroatoms. The highest BCUT2D eigenvalue weighted by Crippen LogP contribution is 2.20. The Balaban J connectivity index is 1.78. The van der Waals surface area contributed by atoms with Gasteiger partial charge in [0, 0.05) is 38.5 Å². The lowest BCUT2D eigenvalue weighted by atomic mass is 10.2. The zero-order chi connectivity index (χ0) is 18.1. The summed E-state index contributed by atoms with van der Waals surface area (Å²) in [5.41, 5.74) is 1.25. The summed E-state index contributed by atoms with van der Waals surface area (Å²) in [6, 6.07) is 10.2. The number of rotatable bonds is 7. The lowest BCUT2D eigenvalue weighted by molar-refractivity contribution is -0.130. The molecule has 1 heterocycles. The minimum Gasteiger partial charge on any atom is -0.355 e. The van der Waals surface area contributed by atoms with Crippen LogP contribution in [0.2, 0.25) is 0 Å². The number of thioether (sulfide) groups is 1. The molecule has 1 aromatic rings. The molecule has 1 atom stereocenters. The summed E-state index contributed by atoms with van der Waals surface area (Å²) in [4.78, 5) is 28.5. The van der Waals surface area contributed by atoms with Crippen LogP contribution in [0.15, 0.2) is 30.3 Å². The predicted octanol–water partition coefficient (Wildman–Crippen LogP) is 1.98. The Labute approximate surface area is 155 Å². The Morgan fingerprint density at radius 3 is 2.64 bits per heavy atom. The summed E-state index contributed by atoms with van der Waals surface area (Å²) in [6.45, 7) is 8.12. The molecule has 1 saturated heterocycles. The van der Waals surface area contributed by atoms with E-state index in [1.807, 2.05) is 36.9 Å². The van der Waals surface area contributed by atoms with Crippen LogP contribution >= 0.6 is 11.8 Å². The fourth-order valence-corrected chi connectivity index (χ4v) is 3.86. The van der Waals surface area contributed by atoms with Gasteiger partial charge in [-0.3, -0.25) is 14.5 Å². The van der Waals surface area contributed by atoms with Gasteiger partial charge in [0.1, 0.15) is 0 Å². The van der Waals surface area contributed by atoms with Gasteiger partial charge in [0.05, 0.1) is 11.8 Å². The number of nitrogens with one attached hydrogen (secondary N) is 1. The van der Waals surface area contributed by atoms with Gasteiger partial charge in [-0.1, -0.05) is 30.3 Å². The normalized spacial score (nSPS) is 17.0. The van der Waals surface area contributed by atoms with Crippen molar-refractivity contribution in [3.63, 3.8) is 0 Å². The third kappa shape index (κ3) is 6.71. The molecule has 1 fully saturated rings. The first-order chi connectivity index (χ1) is 12.1. The molecule has 0 unspecified atom stereocenters. The first kappa shape index (κ1) is 19.8. The average Bonchev–Trinajstić information content (AvgIpc) is 2.85. The highest BCUT2D eigenvalue weighted by Gasteiger charge is 2.24. The summed E-state index contributed by atoms with van der Waals surface area (Å²) in [5, 5.41) is 2.79. The number of likely N-dealkylation sites (N-methyl/N-ethyl adjacent to an activating group) is 1. The molecule has 1 N–H and O–H groups in total. The van der Waals surface area contributed by atoms with Crippen LogP contribution in [0.25, 0.3) is 0 Å². The van der Waals surface area contributed by atoms with E-state index in [9.17, 15) is 9.59 Å². The number of amides is 2. The first-order valence-corrected chi connectivity index (χ1v) is 10.1. The van der Waals surface area contributed by atoms with E-state index in [2.05, 4.69) is 22.3 Å². The molecule has 0 aromatic heterocycles. The van der Waals surface area contributed by atoms with Gasteiger partial charge in [0.2, 0.25) is 11.8 Å². The Morgan fingerprint density at radius 2 is 1.92 bits per heavy atom. The van der Waals surface area contributed by atoms with Gasteiger partial charge in [-0.15, -0.1) is 11.8 Å². The van der Waals surface area contributed by atoms with E-state index in [0.29, 0.717) is 19.6 Å². The van der Waals surface area contributed by atoms with E-state index in [-0.39, 0.29) is 17.1 Å². The predicted molar refractivity (Wildman–Crippen MR) is 104 cm³/mol. The maximum Gasteiger partial charge on any atom is 0.235 e. The number of hydrogen-bond donors (Lipinski definition) is 1. The topological polar surface area (TPSA) is 52.7 Å². The summed E-state index contributed by atoms with van der Waals surface area (Å²) < 4.78 is 0. The lowest BCUT2D eigenvalue weighted by Gasteiger charge is -2.24. The maximum absolute atomic E-state index is 12.7. The van der Waals surface area contributed by atoms with Gasteiger partial charge in [-0.2, -0.15) is 0 Å². The van der Waals surface area contributed by atoms with E-state index in [1.54, 1.807) is 11.8 Å². The molecule has 2 rings (SSSR count). The number of carbonyl (C=O) groups excluding carboxylic acids is 2. The van der Waals surface area contributed by atoms with Crippen molar-refractivity contribution in [3.05, 3.63) is 35.9 Å². The van der Waals surface area contributed by atoms with Crippen molar-refractivity contribution in [2.75, 3.05) is 39.3 Å². The molecule has 138 valence electrons. The number of carbonyl (C=O) groups is 2. The maximum atomic E-state index is 12.7. The monoisotopic (exact) mass is 363 g/mol. The second-order valence-corrected chi connectivity index (χ2v) is 7.68. The molecule has 1 aliphatic rings. The van der Waals surface area contributed by atoms with Gasteiger partial charge in [0.15, 0.2) is 0 Å². The molecular formula is C19H29N3O2S. The fourth-order valence-electron chi connectivity index (χ4n) is 2.93. The first-order valence-electron chi connectivity index (χ1n) is 9.03. The van der Waals surface area contributed by atoms with Gasteiger partial charge >= 0.3 is 0 Å². The van der Waals surface area contributed by atoms with Crippen molar-refractivity contribution < 1.29 is 9.59 Å². The SMILES string of the molecule is CCNC(=O)CN1CCCN(C(=O)[C@H](C)SCc2ccccc2)CC1. The van der Waals surface area contributed by atoms with Crippen LogP contribution in [-0.2, 0) is 15.3 Å². The average molecular weight is 364 g/mol. The summed E-state index contributed by atoms with van der Waals surface area (Å²) in [6.07, 6.45) is 0.918. The lowest BCUT2D eigenvalue weighted by Crippen LogP contribution is -2.41. The minimum atomic E-state index is -0.0462. The zero-order valence-corrected chi connectivity index (χ0v) is 16.1. The van der Waals surface area contributed by atoms with Crippen LogP contribution in [0.5, 0.6) is 0 Å².